The number of hydrogen-bond donors (Lipinski definition) is 0. The smallest absolute Gasteiger partial charge is 0.139 e. The van der Waals surface area contributed by atoms with E-state index in [9.17, 15) is 0 Å². The first-order valence-electron chi connectivity index (χ1n) is 6.63. The van der Waals surface area contributed by atoms with Crippen LogP contribution in [0.25, 0.3) is 0 Å². The van der Waals surface area contributed by atoms with Crippen LogP contribution in [0.1, 0.15) is 16.1 Å². The molecule has 0 aliphatic rings. The Morgan fingerprint density at radius 1 is 1.00 bits per heavy atom. The van der Waals surface area contributed by atoms with Gasteiger partial charge in [-0.15, -0.1) is 10.2 Å². The molecule has 0 N–H and O–H groups in total. The zero-order valence-electron chi connectivity index (χ0n) is 11.5. The van der Waals surface area contributed by atoms with Crippen molar-refractivity contribution < 1.29 is 0 Å². The molecule has 0 bridgehead atoms. The number of benzene rings is 2. The first-order valence-corrected chi connectivity index (χ1v) is 7.54. The van der Waals surface area contributed by atoms with Crippen molar-refractivity contribution in [1.82, 2.24) is 14.9 Å². The van der Waals surface area contributed by atoms with Gasteiger partial charge in [0.25, 0.3) is 0 Å². The molecule has 0 saturated carbocycles. The van der Waals surface area contributed by atoms with Crippen LogP contribution in [0.2, 0.25) is 0 Å². The highest BCUT2D eigenvalue weighted by Crippen LogP contribution is 2.32. The number of anilines is 1. The Hall–Kier alpha value is -2.65. The maximum Gasteiger partial charge on any atom is 0.139 e. The topological polar surface area (TPSA) is 57.7 Å². The average Bonchev–Trinajstić information content (AvgIpc) is 3.10. The highest BCUT2D eigenvalue weighted by molar-refractivity contribution is 9.09. The SMILES string of the molecule is N#Cc1ccc(N(C(Br)c2ccccc2)n2cnnc2)cc1. The summed E-state index contributed by atoms with van der Waals surface area (Å²) < 4.78 is 1.80. The summed E-state index contributed by atoms with van der Waals surface area (Å²) in [6.45, 7) is 0. The number of alkyl halides is 1. The van der Waals surface area contributed by atoms with Crippen LogP contribution >= 0.6 is 15.9 Å². The quantitative estimate of drug-likeness (QED) is 0.531. The van der Waals surface area contributed by atoms with E-state index < -0.39 is 0 Å². The van der Waals surface area contributed by atoms with E-state index in [4.69, 9.17) is 5.26 Å². The molecule has 0 aliphatic carbocycles. The number of hydrogen-bond acceptors (Lipinski definition) is 4. The van der Waals surface area contributed by atoms with Crippen LogP contribution in [0, 0.1) is 11.3 Å². The molecular formula is C16H12BrN5. The van der Waals surface area contributed by atoms with Crippen molar-refractivity contribution in [3.63, 3.8) is 0 Å². The third kappa shape index (κ3) is 2.85. The molecule has 0 saturated heterocycles. The molecule has 22 heavy (non-hydrogen) atoms. The molecule has 2 aromatic carbocycles. The predicted molar refractivity (Wildman–Crippen MR) is 87.2 cm³/mol. The third-order valence-corrected chi connectivity index (χ3v) is 4.12. The van der Waals surface area contributed by atoms with Gasteiger partial charge in [-0.3, -0.25) is 5.01 Å². The Labute approximate surface area is 136 Å². The van der Waals surface area contributed by atoms with Gasteiger partial charge in [0.15, 0.2) is 0 Å². The van der Waals surface area contributed by atoms with Gasteiger partial charge in [0.1, 0.15) is 17.6 Å². The fourth-order valence-electron chi connectivity index (χ4n) is 2.13. The Bertz CT molecular complexity index is 763. The second kappa shape index (κ2) is 6.41. The van der Waals surface area contributed by atoms with Crippen molar-refractivity contribution in [1.29, 1.82) is 5.26 Å². The van der Waals surface area contributed by atoms with Crippen molar-refractivity contribution in [3.8, 4) is 6.07 Å². The fourth-order valence-corrected chi connectivity index (χ4v) is 2.88. The Kier molecular flexibility index (Phi) is 4.17. The lowest BCUT2D eigenvalue weighted by Gasteiger charge is -2.30. The molecule has 6 heteroatoms. The molecule has 1 atom stereocenters. The second-order valence-corrected chi connectivity index (χ2v) is 5.46. The minimum atomic E-state index is -0.0994. The third-order valence-electron chi connectivity index (χ3n) is 3.21. The molecule has 108 valence electrons. The number of halogens is 1. The molecule has 0 radical (unpaired) electrons. The van der Waals surface area contributed by atoms with Crippen LogP contribution in [0.5, 0.6) is 0 Å². The van der Waals surface area contributed by atoms with Crippen molar-refractivity contribution >= 4 is 21.6 Å². The summed E-state index contributed by atoms with van der Waals surface area (Å²) in [5, 5.41) is 18.7. The highest BCUT2D eigenvalue weighted by Gasteiger charge is 2.20. The van der Waals surface area contributed by atoms with E-state index in [2.05, 4.69) is 32.2 Å². The van der Waals surface area contributed by atoms with Crippen molar-refractivity contribution in [3.05, 3.63) is 78.4 Å². The van der Waals surface area contributed by atoms with Crippen molar-refractivity contribution in [2.24, 2.45) is 0 Å². The summed E-state index contributed by atoms with van der Waals surface area (Å²) in [4.78, 5) is -0.0994. The van der Waals surface area contributed by atoms with Gasteiger partial charge >= 0.3 is 0 Å². The molecule has 0 spiro atoms. The summed E-state index contributed by atoms with van der Waals surface area (Å²) in [6.07, 6.45) is 3.27. The van der Waals surface area contributed by atoms with E-state index in [0.29, 0.717) is 5.56 Å². The summed E-state index contributed by atoms with van der Waals surface area (Å²) in [5.41, 5.74) is 2.64. The molecule has 1 aromatic heterocycles. The minimum absolute atomic E-state index is 0.0994. The van der Waals surface area contributed by atoms with Crippen LogP contribution in [-0.4, -0.2) is 14.9 Å². The Balaban J connectivity index is 2.02. The molecule has 0 amide bonds. The van der Waals surface area contributed by atoms with Gasteiger partial charge in [-0.2, -0.15) is 5.26 Å². The van der Waals surface area contributed by atoms with Crippen molar-refractivity contribution in [2.45, 2.75) is 4.95 Å². The average molecular weight is 354 g/mol. The van der Waals surface area contributed by atoms with Gasteiger partial charge in [0.05, 0.1) is 17.3 Å². The van der Waals surface area contributed by atoms with Crippen LogP contribution in [0.4, 0.5) is 5.69 Å². The van der Waals surface area contributed by atoms with Crippen LogP contribution < -0.4 is 5.01 Å². The minimum Gasteiger partial charge on any atom is -0.261 e. The monoisotopic (exact) mass is 353 g/mol. The van der Waals surface area contributed by atoms with Gasteiger partial charge in [0.2, 0.25) is 0 Å². The molecule has 0 aliphatic heterocycles. The summed E-state index contributed by atoms with van der Waals surface area (Å²) >= 11 is 3.73. The van der Waals surface area contributed by atoms with E-state index in [1.54, 1.807) is 29.5 Å². The number of nitriles is 1. The number of aromatic nitrogens is 3. The molecule has 3 aromatic rings. The standard InChI is InChI=1S/C16H12BrN5/c17-16(14-4-2-1-3-5-14)22(21-11-19-20-12-21)15-8-6-13(10-18)7-9-15/h1-9,11-12,16H. The van der Waals surface area contributed by atoms with E-state index in [-0.39, 0.29) is 4.95 Å². The molecule has 1 heterocycles. The Morgan fingerprint density at radius 3 is 2.23 bits per heavy atom. The van der Waals surface area contributed by atoms with E-state index >= 15 is 0 Å². The van der Waals surface area contributed by atoms with E-state index in [1.165, 1.54) is 0 Å². The van der Waals surface area contributed by atoms with Gasteiger partial charge < -0.3 is 0 Å². The van der Waals surface area contributed by atoms with Crippen LogP contribution in [0.3, 0.4) is 0 Å². The molecule has 5 nitrogen and oxygen atoms in total. The highest BCUT2D eigenvalue weighted by atomic mass is 79.9. The summed E-state index contributed by atoms with van der Waals surface area (Å²) in [6, 6.07) is 19.6. The maximum absolute atomic E-state index is 8.94. The fraction of sp³-hybridized carbons (Fsp3) is 0.0625. The van der Waals surface area contributed by atoms with Gasteiger partial charge in [-0.1, -0.05) is 46.3 Å². The summed E-state index contributed by atoms with van der Waals surface area (Å²) in [7, 11) is 0. The van der Waals surface area contributed by atoms with E-state index in [1.807, 2.05) is 47.5 Å². The van der Waals surface area contributed by atoms with Crippen LogP contribution in [-0.2, 0) is 0 Å². The first-order chi connectivity index (χ1) is 10.8. The second-order valence-electron chi connectivity index (χ2n) is 4.59. The predicted octanol–water partition coefficient (Wildman–Crippen LogP) is 3.51. The van der Waals surface area contributed by atoms with Crippen LogP contribution in [0.15, 0.2) is 67.3 Å². The molecule has 0 fully saturated rings. The number of rotatable bonds is 4. The maximum atomic E-state index is 8.94. The normalized spacial score (nSPS) is 11.6. The zero-order valence-corrected chi connectivity index (χ0v) is 13.1. The summed E-state index contributed by atoms with van der Waals surface area (Å²) in [5.74, 6) is 0. The molecular weight excluding hydrogens is 342 g/mol. The number of nitrogens with zero attached hydrogens (tertiary/aromatic N) is 5. The Morgan fingerprint density at radius 2 is 1.64 bits per heavy atom. The largest absolute Gasteiger partial charge is 0.261 e. The van der Waals surface area contributed by atoms with Gasteiger partial charge in [-0.25, -0.2) is 4.68 Å². The van der Waals surface area contributed by atoms with E-state index in [0.717, 1.165) is 11.3 Å². The first kappa shape index (κ1) is 14.3. The molecule has 3 rings (SSSR count). The lowest BCUT2D eigenvalue weighted by atomic mass is 10.2. The molecule has 1 unspecified atom stereocenters. The van der Waals surface area contributed by atoms with Gasteiger partial charge in [-0.05, 0) is 29.8 Å². The van der Waals surface area contributed by atoms with Crippen molar-refractivity contribution in [2.75, 3.05) is 5.01 Å². The lowest BCUT2D eigenvalue weighted by molar-refractivity contribution is 0.681. The lowest BCUT2D eigenvalue weighted by Crippen LogP contribution is -2.30. The zero-order chi connectivity index (χ0) is 15.4. The van der Waals surface area contributed by atoms with Gasteiger partial charge in [0, 0.05) is 0 Å².